The summed E-state index contributed by atoms with van der Waals surface area (Å²) in [5.41, 5.74) is 1.24. The van der Waals surface area contributed by atoms with Gasteiger partial charge in [-0.1, -0.05) is 23.7 Å². The van der Waals surface area contributed by atoms with Gasteiger partial charge in [0.1, 0.15) is 0 Å². The summed E-state index contributed by atoms with van der Waals surface area (Å²) in [5.74, 6) is 0. The molecule has 15 heavy (non-hydrogen) atoms. The van der Waals surface area contributed by atoms with Crippen LogP contribution in [0.15, 0.2) is 24.3 Å². The monoisotopic (exact) mass is 225 g/mol. The van der Waals surface area contributed by atoms with Gasteiger partial charge in [0, 0.05) is 11.6 Å². The minimum absolute atomic E-state index is 0.282. The van der Waals surface area contributed by atoms with Crippen LogP contribution in [-0.2, 0) is 4.74 Å². The molecule has 0 spiro atoms. The van der Waals surface area contributed by atoms with E-state index in [0.29, 0.717) is 6.10 Å². The first-order valence-corrected chi connectivity index (χ1v) is 5.73. The standard InChI is InChI=1S/C12H16ClNO/c1-14-12(11-3-2-8-15-11)9-4-6-10(13)7-5-9/h4-7,11-12,14H,2-3,8H2,1H3/t11-,12+/m0/s1. The Bertz CT molecular complexity index is 306. The normalized spacial score (nSPS) is 22.9. The van der Waals surface area contributed by atoms with Gasteiger partial charge in [0.15, 0.2) is 0 Å². The van der Waals surface area contributed by atoms with Gasteiger partial charge in [0.25, 0.3) is 0 Å². The molecule has 0 aliphatic carbocycles. The van der Waals surface area contributed by atoms with Gasteiger partial charge in [-0.3, -0.25) is 0 Å². The summed E-state index contributed by atoms with van der Waals surface area (Å²) in [4.78, 5) is 0. The molecule has 2 nitrogen and oxygen atoms in total. The van der Waals surface area contributed by atoms with Gasteiger partial charge in [0.2, 0.25) is 0 Å². The van der Waals surface area contributed by atoms with Crippen LogP contribution in [0.4, 0.5) is 0 Å². The van der Waals surface area contributed by atoms with Crippen molar-refractivity contribution in [1.29, 1.82) is 0 Å². The van der Waals surface area contributed by atoms with E-state index in [9.17, 15) is 0 Å². The Morgan fingerprint density at radius 1 is 1.40 bits per heavy atom. The Morgan fingerprint density at radius 3 is 2.67 bits per heavy atom. The molecule has 0 amide bonds. The van der Waals surface area contributed by atoms with E-state index >= 15 is 0 Å². The van der Waals surface area contributed by atoms with Crippen LogP contribution in [0.3, 0.4) is 0 Å². The van der Waals surface area contributed by atoms with E-state index in [2.05, 4.69) is 17.4 Å². The summed E-state index contributed by atoms with van der Waals surface area (Å²) in [5, 5.41) is 4.09. The SMILES string of the molecule is CN[C@H](c1ccc(Cl)cc1)[C@@H]1CCCO1. The lowest BCUT2D eigenvalue weighted by atomic mass is 10.00. The molecule has 1 saturated heterocycles. The minimum atomic E-state index is 0.282. The molecule has 1 aliphatic rings. The van der Waals surface area contributed by atoms with Crippen molar-refractivity contribution in [1.82, 2.24) is 5.32 Å². The Kier molecular flexibility index (Phi) is 3.62. The second kappa shape index (κ2) is 4.97. The summed E-state index contributed by atoms with van der Waals surface area (Å²) in [6, 6.07) is 8.26. The number of halogens is 1. The maximum atomic E-state index is 5.87. The highest BCUT2D eigenvalue weighted by Gasteiger charge is 2.25. The van der Waals surface area contributed by atoms with Crippen LogP contribution < -0.4 is 5.32 Å². The zero-order valence-electron chi connectivity index (χ0n) is 8.87. The third kappa shape index (κ3) is 2.51. The molecule has 2 atom stereocenters. The predicted molar refractivity (Wildman–Crippen MR) is 62.2 cm³/mol. The number of hydrogen-bond donors (Lipinski definition) is 1. The first kappa shape index (κ1) is 10.9. The number of nitrogens with one attached hydrogen (secondary N) is 1. The molecular weight excluding hydrogens is 210 g/mol. The fraction of sp³-hybridized carbons (Fsp3) is 0.500. The first-order valence-electron chi connectivity index (χ1n) is 5.35. The first-order chi connectivity index (χ1) is 7.31. The lowest BCUT2D eigenvalue weighted by molar-refractivity contribution is 0.0808. The van der Waals surface area contributed by atoms with Gasteiger partial charge in [-0.05, 0) is 37.6 Å². The average Bonchev–Trinajstić information content (AvgIpc) is 2.75. The molecule has 0 radical (unpaired) electrons. The molecule has 1 aromatic rings. The van der Waals surface area contributed by atoms with E-state index in [1.807, 2.05) is 19.2 Å². The quantitative estimate of drug-likeness (QED) is 0.854. The van der Waals surface area contributed by atoms with Crippen LogP contribution in [0, 0.1) is 0 Å². The topological polar surface area (TPSA) is 21.3 Å². The zero-order valence-corrected chi connectivity index (χ0v) is 9.63. The Morgan fingerprint density at radius 2 is 2.13 bits per heavy atom. The molecule has 0 unspecified atom stereocenters. The van der Waals surface area contributed by atoms with Crippen molar-refractivity contribution >= 4 is 11.6 Å². The molecule has 1 aliphatic heterocycles. The molecule has 1 fully saturated rings. The molecule has 1 aromatic carbocycles. The van der Waals surface area contributed by atoms with Crippen molar-refractivity contribution in [3.05, 3.63) is 34.9 Å². The van der Waals surface area contributed by atoms with E-state index < -0.39 is 0 Å². The third-order valence-corrected chi connectivity index (χ3v) is 3.13. The summed E-state index contributed by atoms with van der Waals surface area (Å²) in [6.07, 6.45) is 2.60. The van der Waals surface area contributed by atoms with E-state index in [0.717, 1.165) is 24.5 Å². The van der Waals surface area contributed by atoms with Crippen molar-refractivity contribution in [3.8, 4) is 0 Å². The maximum absolute atomic E-state index is 5.87. The van der Waals surface area contributed by atoms with Gasteiger partial charge in [-0.25, -0.2) is 0 Å². The Labute approximate surface area is 95.6 Å². The van der Waals surface area contributed by atoms with Gasteiger partial charge in [-0.2, -0.15) is 0 Å². The molecule has 2 rings (SSSR count). The molecule has 0 saturated carbocycles. The van der Waals surface area contributed by atoms with Crippen LogP contribution in [-0.4, -0.2) is 19.8 Å². The van der Waals surface area contributed by atoms with Crippen molar-refractivity contribution < 1.29 is 4.74 Å². The minimum Gasteiger partial charge on any atom is -0.376 e. The van der Waals surface area contributed by atoms with Crippen LogP contribution in [0.25, 0.3) is 0 Å². The van der Waals surface area contributed by atoms with E-state index in [4.69, 9.17) is 16.3 Å². The highest BCUT2D eigenvalue weighted by Crippen LogP contribution is 2.27. The smallest absolute Gasteiger partial charge is 0.0770 e. The number of rotatable bonds is 3. The van der Waals surface area contributed by atoms with Crippen LogP contribution in [0.5, 0.6) is 0 Å². The fourth-order valence-electron chi connectivity index (χ4n) is 2.10. The van der Waals surface area contributed by atoms with Crippen LogP contribution in [0.2, 0.25) is 5.02 Å². The molecule has 3 heteroatoms. The fourth-order valence-corrected chi connectivity index (χ4v) is 2.23. The zero-order chi connectivity index (χ0) is 10.7. The van der Waals surface area contributed by atoms with Crippen molar-refractivity contribution in [2.45, 2.75) is 25.0 Å². The average molecular weight is 226 g/mol. The summed E-state index contributed by atoms with van der Waals surface area (Å²) < 4.78 is 5.70. The molecule has 1 heterocycles. The van der Waals surface area contributed by atoms with E-state index in [1.165, 1.54) is 5.56 Å². The van der Waals surface area contributed by atoms with Gasteiger partial charge >= 0.3 is 0 Å². The number of likely N-dealkylation sites (N-methyl/N-ethyl adjacent to an activating group) is 1. The lowest BCUT2D eigenvalue weighted by Gasteiger charge is -2.22. The van der Waals surface area contributed by atoms with Crippen molar-refractivity contribution in [2.24, 2.45) is 0 Å². The number of hydrogen-bond acceptors (Lipinski definition) is 2. The molecular formula is C12H16ClNO. The second-order valence-corrected chi connectivity index (χ2v) is 4.31. The van der Waals surface area contributed by atoms with E-state index in [1.54, 1.807) is 0 Å². The molecule has 1 N–H and O–H groups in total. The predicted octanol–water partition coefficient (Wildman–Crippen LogP) is 2.78. The maximum Gasteiger partial charge on any atom is 0.0770 e. The number of benzene rings is 1. The number of ether oxygens (including phenoxy) is 1. The Hall–Kier alpha value is -0.570. The van der Waals surface area contributed by atoms with Gasteiger partial charge in [-0.15, -0.1) is 0 Å². The summed E-state index contributed by atoms with van der Waals surface area (Å²) in [7, 11) is 1.97. The highest BCUT2D eigenvalue weighted by molar-refractivity contribution is 6.30. The second-order valence-electron chi connectivity index (χ2n) is 3.87. The highest BCUT2D eigenvalue weighted by atomic mass is 35.5. The molecule has 82 valence electrons. The van der Waals surface area contributed by atoms with Crippen molar-refractivity contribution in [2.75, 3.05) is 13.7 Å². The lowest BCUT2D eigenvalue weighted by Crippen LogP contribution is -2.28. The summed E-state index contributed by atoms with van der Waals surface area (Å²) in [6.45, 7) is 0.885. The van der Waals surface area contributed by atoms with Crippen LogP contribution in [0.1, 0.15) is 24.4 Å². The molecule has 0 aromatic heterocycles. The Balaban J connectivity index is 2.14. The van der Waals surface area contributed by atoms with E-state index in [-0.39, 0.29) is 6.04 Å². The summed E-state index contributed by atoms with van der Waals surface area (Å²) >= 11 is 5.87. The largest absolute Gasteiger partial charge is 0.376 e. The van der Waals surface area contributed by atoms with Crippen LogP contribution >= 0.6 is 11.6 Å². The van der Waals surface area contributed by atoms with Gasteiger partial charge < -0.3 is 10.1 Å². The molecule has 0 bridgehead atoms. The third-order valence-electron chi connectivity index (χ3n) is 2.88. The van der Waals surface area contributed by atoms with Gasteiger partial charge in [0.05, 0.1) is 12.1 Å². The van der Waals surface area contributed by atoms with Crippen molar-refractivity contribution in [3.63, 3.8) is 0 Å².